The lowest BCUT2D eigenvalue weighted by Crippen LogP contribution is -2.55. The number of fused-ring (bicyclic) bond motifs is 2. The van der Waals surface area contributed by atoms with Crippen LogP contribution < -0.4 is 13.7 Å². The molecule has 1 fully saturated rings. The summed E-state index contributed by atoms with van der Waals surface area (Å²) in [7, 11) is -3.99. The normalized spacial score (nSPS) is 18.8. The molecule has 0 bridgehead atoms. The molecule has 2 aromatic rings. The summed E-state index contributed by atoms with van der Waals surface area (Å²) in [5.74, 6) is 0.860. The van der Waals surface area contributed by atoms with Crippen molar-refractivity contribution in [2.24, 2.45) is 16.2 Å². The van der Waals surface area contributed by atoms with Crippen LogP contribution in [0, 0.1) is 25.7 Å². The Morgan fingerprint density at radius 1 is 0.643 bits per heavy atom. The number of amides is 2. The van der Waals surface area contributed by atoms with Crippen LogP contribution in [0.5, 0.6) is 0 Å². The fraction of sp³-hybridized carbons (Fsp3) is 0.674. The maximum Gasteiger partial charge on any atom is 0.262 e. The highest BCUT2D eigenvalue weighted by atomic mass is 32.2. The van der Waals surface area contributed by atoms with Gasteiger partial charge in [-0.05, 0) is 97.6 Å². The molecular formula is C46H73N3O2S3Si2. The number of imide groups is 1. The lowest BCUT2D eigenvalue weighted by Gasteiger charge is -2.43. The van der Waals surface area contributed by atoms with E-state index in [0.717, 1.165) is 39.5 Å². The van der Waals surface area contributed by atoms with Crippen LogP contribution in [0.25, 0.3) is 11.1 Å². The van der Waals surface area contributed by atoms with Crippen LogP contribution in [0.15, 0.2) is 27.7 Å². The predicted octanol–water partition coefficient (Wildman–Crippen LogP) is 12.6. The third-order valence-electron chi connectivity index (χ3n) is 14.0. The second-order valence-corrected chi connectivity index (χ2v) is 34.8. The summed E-state index contributed by atoms with van der Waals surface area (Å²) in [4.78, 5) is 34.0. The highest BCUT2D eigenvalue weighted by molar-refractivity contribution is 7.96. The van der Waals surface area contributed by atoms with Gasteiger partial charge in [0, 0.05) is 27.4 Å². The summed E-state index contributed by atoms with van der Waals surface area (Å²) < 4.78 is 11.8. The Hall–Kier alpha value is -1.57. The molecule has 0 saturated carbocycles. The SMILES string of the molecule is Cc1cc(C2=C3C(=O)N(CCC(C)CCCC(C)C)C(=O)C3=C(c3cc(C)c([Si](C(C)C)(C(C)C)C(C)C)s3)C3NSN=C23)sc1[Si](C(C)C)(C(C)C)C(C)C. The maximum absolute atomic E-state index is 15.1. The van der Waals surface area contributed by atoms with Gasteiger partial charge in [-0.1, -0.05) is 123 Å². The van der Waals surface area contributed by atoms with Crippen molar-refractivity contribution in [1.82, 2.24) is 9.62 Å². The molecule has 0 spiro atoms. The summed E-state index contributed by atoms with van der Waals surface area (Å²) >= 11 is 5.17. The zero-order valence-corrected chi connectivity index (χ0v) is 42.3. The molecule has 3 aliphatic rings. The van der Waals surface area contributed by atoms with Crippen molar-refractivity contribution >= 4 is 88.6 Å². The van der Waals surface area contributed by atoms with E-state index in [1.807, 2.05) is 22.7 Å². The Morgan fingerprint density at radius 3 is 1.59 bits per heavy atom. The van der Waals surface area contributed by atoms with E-state index in [4.69, 9.17) is 4.40 Å². The lowest BCUT2D eigenvalue weighted by molar-refractivity contribution is -0.136. The summed E-state index contributed by atoms with van der Waals surface area (Å²) in [5.41, 5.74) is 10.0. The second kappa shape index (κ2) is 17.6. The highest BCUT2D eigenvalue weighted by Crippen LogP contribution is 2.51. The Kier molecular flexibility index (Phi) is 14.3. The minimum atomic E-state index is -2.00. The number of nitrogens with zero attached hydrogens (tertiary/aromatic N) is 2. The summed E-state index contributed by atoms with van der Waals surface area (Å²) in [6, 6.07) is 4.41. The van der Waals surface area contributed by atoms with Gasteiger partial charge < -0.3 is 0 Å². The van der Waals surface area contributed by atoms with Crippen molar-refractivity contribution < 1.29 is 9.59 Å². The highest BCUT2D eigenvalue weighted by Gasteiger charge is 2.53. The van der Waals surface area contributed by atoms with E-state index in [-0.39, 0.29) is 17.9 Å². The van der Waals surface area contributed by atoms with Gasteiger partial charge in [0.1, 0.15) is 16.1 Å². The zero-order valence-electron chi connectivity index (χ0n) is 37.8. The second-order valence-electron chi connectivity index (χ2n) is 19.7. The standard InChI is InChI=1S/C46H73N3O2S3Si2/c1-25(2)19-18-20-32(15)21-22-49-43(50)39-37(35-23-33(16)45(52-35)55(26(3)4,27(5)6)28(7)8)41-42(48-54-47-41)38(40(39)44(49)51)36-24-34(17)46(53-36)56(29(9)10,30(11)12)31(13)14/h23-32,41,47H,18-22H2,1-17H3. The molecule has 5 rings (SSSR count). The molecule has 2 amide bonds. The monoisotopic (exact) mass is 851 g/mol. The number of carbonyl (C=O) groups excluding carboxylic acids is 2. The van der Waals surface area contributed by atoms with E-state index in [1.54, 1.807) is 9.40 Å². The van der Waals surface area contributed by atoms with Crippen molar-refractivity contribution in [3.8, 4) is 0 Å². The predicted molar refractivity (Wildman–Crippen MR) is 254 cm³/mol. The minimum absolute atomic E-state index is 0.124. The number of carbonyl (C=O) groups is 2. The fourth-order valence-corrected chi connectivity index (χ4v) is 33.3. The van der Waals surface area contributed by atoms with E-state index in [9.17, 15) is 0 Å². The minimum Gasteiger partial charge on any atom is -0.274 e. The van der Waals surface area contributed by atoms with Crippen LogP contribution in [0.2, 0.25) is 33.2 Å². The van der Waals surface area contributed by atoms with Crippen molar-refractivity contribution in [2.45, 2.75) is 183 Å². The van der Waals surface area contributed by atoms with Gasteiger partial charge in [-0.25, -0.2) is 9.12 Å². The molecule has 0 radical (unpaired) electrons. The third kappa shape index (κ3) is 7.56. The van der Waals surface area contributed by atoms with Crippen molar-refractivity contribution in [3.63, 3.8) is 0 Å². The zero-order chi connectivity index (χ0) is 41.8. The Bertz CT molecular complexity index is 1850. The van der Waals surface area contributed by atoms with Gasteiger partial charge in [-0.15, -0.1) is 22.7 Å². The molecule has 0 aromatic carbocycles. The first kappa shape index (κ1) is 45.5. The van der Waals surface area contributed by atoms with E-state index < -0.39 is 16.1 Å². The van der Waals surface area contributed by atoms with E-state index in [1.165, 1.54) is 40.6 Å². The third-order valence-corrected chi connectivity index (χ3v) is 33.4. The molecule has 1 N–H and O–H groups in total. The summed E-state index contributed by atoms with van der Waals surface area (Å²) in [5, 5.41) is 0. The molecule has 2 atom stereocenters. The van der Waals surface area contributed by atoms with Crippen LogP contribution >= 0.6 is 34.8 Å². The molecule has 2 aromatic heterocycles. The summed E-state index contributed by atoms with van der Waals surface area (Å²) in [6.07, 6.45) is 4.32. The first-order valence-corrected chi connectivity index (χ1v) is 28.6. The number of likely N-dealkylation sites (tertiary alicyclic amines) is 1. The molecule has 10 heteroatoms. The van der Waals surface area contributed by atoms with Crippen LogP contribution in [0.1, 0.15) is 150 Å². The van der Waals surface area contributed by atoms with Crippen molar-refractivity contribution in [1.29, 1.82) is 0 Å². The molecule has 56 heavy (non-hydrogen) atoms. The van der Waals surface area contributed by atoms with Crippen LogP contribution in [-0.2, 0) is 9.59 Å². The van der Waals surface area contributed by atoms with Crippen molar-refractivity contribution in [3.05, 3.63) is 44.2 Å². The number of rotatable bonds is 17. The van der Waals surface area contributed by atoms with Gasteiger partial charge in [0.05, 0.1) is 35.0 Å². The van der Waals surface area contributed by atoms with E-state index in [0.29, 0.717) is 62.8 Å². The molecule has 5 nitrogen and oxygen atoms in total. The molecule has 2 aliphatic heterocycles. The first-order valence-electron chi connectivity index (χ1n) is 21.7. The van der Waals surface area contributed by atoms with E-state index in [2.05, 4.69) is 135 Å². The topological polar surface area (TPSA) is 61.8 Å². The fourth-order valence-electron chi connectivity index (χ4n) is 11.7. The van der Waals surface area contributed by atoms with Gasteiger partial charge in [0.2, 0.25) is 0 Å². The smallest absolute Gasteiger partial charge is 0.262 e. The summed E-state index contributed by atoms with van der Waals surface area (Å²) in [6.45, 7) is 40.9. The average Bonchev–Trinajstić information content (AvgIpc) is 3.86. The molecule has 1 saturated heterocycles. The largest absolute Gasteiger partial charge is 0.274 e. The molecular weight excluding hydrogens is 779 g/mol. The van der Waals surface area contributed by atoms with Gasteiger partial charge in [-0.2, -0.15) is 0 Å². The van der Waals surface area contributed by atoms with Gasteiger partial charge in [-0.3, -0.25) is 14.5 Å². The lowest BCUT2D eigenvalue weighted by atomic mass is 9.81. The Labute approximate surface area is 355 Å². The molecule has 310 valence electrons. The van der Waals surface area contributed by atoms with Crippen LogP contribution in [0.3, 0.4) is 0 Å². The van der Waals surface area contributed by atoms with Crippen LogP contribution in [0.4, 0.5) is 0 Å². The Morgan fingerprint density at radius 2 is 1.11 bits per heavy atom. The number of hydrogen-bond donors (Lipinski definition) is 1. The average molecular weight is 852 g/mol. The number of nitrogens with one attached hydrogen (secondary N) is 1. The van der Waals surface area contributed by atoms with Gasteiger partial charge in [0.25, 0.3) is 11.8 Å². The van der Waals surface area contributed by atoms with Gasteiger partial charge in [0.15, 0.2) is 0 Å². The molecule has 1 aliphatic carbocycles. The molecule has 4 heterocycles. The van der Waals surface area contributed by atoms with E-state index >= 15 is 9.59 Å². The number of hydrogen-bond acceptors (Lipinski definition) is 7. The quantitative estimate of drug-likeness (QED) is 0.0978. The van der Waals surface area contributed by atoms with Crippen LogP contribution in [-0.4, -0.2) is 51.2 Å². The maximum atomic E-state index is 15.1. The molecule has 2 unspecified atom stereocenters. The first-order chi connectivity index (χ1) is 26.2. The van der Waals surface area contributed by atoms with Gasteiger partial charge >= 0.3 is 0 Å². The Balaban J connectivity index is 1.77. The number of thiophene rings is 2. The van der Waals surface area contributed by atoms with Crippen molar-refractivity contribution in [2.75, 3.05) is 6.54 Å². The number of aryl methyl sites for hydroxylation is 2.